The van der Waals surface area contributed by atoms with Gasteiger partial charge in [0, 0.05) is 19.6 Å². The topological polar surface area (TPSA) is 55.6 Å². The van der Waals surface area contributed by atoms with E-state index in [2.05, 4.69) is 0 Å². The molecule has 1 fully saturated rings. The Morgan fingerprint density at radius 3 is 2.62 bits per heavy atom. The van der Waals surface area contributed by atoms with Crippen molar-refractivity contribution in [1.82, 2.24) is 4.90 Å². The van der Waals surface area contributed by atoms with Crippen LogP contribution in [0.3, 0.4) is 0 Å². The monoisotopic (exact) mass is 240 g/mol. The van der Waals surface area contributed by atoms with E-state index in [0.29, 0.717) is 0 Å². The molecule has 0 aromatic carbocycles. The smallest absolute Gasteiger partial charge is 0.370 e. The van der Waals surface area contributed by atoms with Crippen LogP contribution >= 0.6 is 0 Å². The summed E-state index contributed by atoms with van der Waals surface area (Å²) in [6.45, 7) is 2.22. The zero-order valence-electron chi connectivity index (χ0n) is 8.96. The zero-order valence-corrected chi connectivity index (χ0v) is 8.96. The molecule has 2 atom stereocenters. The molecule has 4 nitrogen and oxygen atoms in total. The van der Waals surface area contributed by atoms with Crippen LogP contribution in [0, 0.1) is 0 Å². The van der Waals surface area contributed by atoms with E-state index in [0.717, 1.165) is 0 Å². The summed E-state index contributed by atoms with van der Waals surface area (Å²) in [5.74, 6) is -0.916. The molecule has 1 aliphatic rings. The number of amides is 1. The number of nitrogens with zero attached hydrogens (tertiary/aromatic N) is 1. The number of rotatable bonds is 2. The molecule has 1 aliphatic heterocycles. The Hall–Kier alpha value is -0.820. The van der Waals surface area contributed by atoms with Crippen molar-refractivity contribution in [2.45, 2.75) is 31.7 Å². The van der Waals surface area contributed by atoms with E-state index in [1.165, 1.54) is 4.90 Å². The van der Waals surface area contributed by atoms with E-state index in [-0.39, 0.29) is 31.8 Å². The largest absolute Gasteiger partial charge is 0.397 e. The van der Waals surface area contributed by atoms with Crippen LogP contribution in [-0.4, -0.2) is 48.8 Å². The molecule has 0 radical (unpaired) electrons. The number of nitrogens with two attached hydrogens (primary N) is 1. The van der Waals surface area contributed by atoms with Gasteiger partial charge in [0.15, 0.2) is 0 Å². The molecule has 1 amide bonds. The highest BCUT2D eigenvalue weighted by Crippen LogP contribution is 2.22. The molecule has 2 N–H and O–H groups in total. The molecule has 16 heavy (non-hydrogen) atoms. The lowest BCUT2D eigenvalue weighted by Crippen LogP contribution is -2.52. The van der Waals surface area contributed by atoms with Gasteiger partial charge in [-0.25, -0.2) is 0 Å². The van der Waals surface area contributed by atoms with E-state index < -0.39 is 18.5 Å². The molecule has 0 spiro atoms. The van der Waals surface area contributed by atoms with Gasteiger partial charge >= 0.3 is 6.18 Å². The first-order chi connectivity index (χ1) is 7.31. The van der Waals surface area contributed by atoms with E-state index in [9.17, 15) is 18.0 Å². The molecule has 2 unspecified atom stereocenters. The van der Waals surface area contributed by atoms with Gasteiger partial charge < -0.3 is 15.4 Å². The lowest BCUT2D eigenvalue weighted by molar-refractivity contribution is -0.169. The minimum Gasteiger partial charge on any atom is -0.370 e. The summed E-state index contributed by atoms with van der Waals surface area (Å²) >= 11 is 0. The second kappa shape index (κ2) is 5.01. The number of carbonyl (C=O) groups is 1. The zero-order chi connectivity index (χ0) is 12.3. The number of alkyl halides is 3. The number of hydrogen-bond acceptors (Lipinski definition) is 3. The molecule has 1 rings (SSSR count). The van der Waals surface area contributed by atoms with Crippen LogP contribution in [0.25, 0.3) is 0 Å². The molecule has 94 valence electrons. The molecule has 7 heteroatoms. The summed E-state index contributed by atoms with van der Waals surface area (Å²) in [5, 5.41) is 0. The highest BCUT2D eigenvalue weighted by atomic mass is 19.4. The molecule has 0 aliphatic carbocycles. The molecular weight excluding hydrogens is 225 g/mol. The number of carbonyl (C=O) groups excluding carboxylic acids is 1. The first kappa shape index (κ1) is 13.2. The molecular formula is C9H15F3N2O2. The first-order valence-corrected chi connectivity index (χ1v) is 5.02. The molecule has 0 aromatic rings. The fraction of sp³-hybridized carbons (Fsp3) is 0.889. The van der Waals surface area contributed by atoms with Gasteiger partial charge in [-0.3, -0.25) is 4.79 Å². The minimum atomic E-state index is -4.46. The van der Waals surface area contributed by atoms with E-state index >= 15 is 0 Å². The predicted octanol–water partition coefficient (Wildman–Crippen LogP) is 0.513. The van der Waals surface area contributed by atoms with Gasteiger partial charge in [-0.15, -0.1) is 0 Å². The fourth-order valence-corrected chi connectivity index (χ4v) is 1.66. The van der Waals surface area contributed by atoms with Crippen LogP contribution in [0.2, 0.25) is 0 Å². The van der Waals surface area contributed by atoms with Crippen LogP contribution in [0.15, 0.2) is 0 Å². The number of hydrogen-bond donors (Lipinski definition) is 1. The maximum atomic E-state index is 12.0. The molecule has 1 heterocycles. The van der Waals surface area contributed by atoms with Gasteiger partial charge in [0.2, 0.25) is 5.91 Å². The number of halogens is 3. The van der Waals surface area contributed by atoms with Crippen molar-refractivity contribution >= 4 is 5.91 Å². The second-order valence-corrected chi connectivity index (χ2v) is 3.90. The van der Waals surface area contributed by atoms with Gasteiger partial charge in [0.1, 0.15) is 6.42 Å². The summed E-state index contributed by atoms with van der Waals surface area (Å²) in [5.41, 5.74) is 5.37. The third-order valence-electron chi connectivity index (χ3n) is 2.29. The van der Waals surface area contributed by atoms with Gasteiger partial charge in [-0.2, -0.15) is 13.2 Å². The SMILES string of the molecule is CC1CN(C(=O)CC(F)(F)F)CC(CN)O1. The van der Waals surface area contributed by atoms with Crippen LogP contribution in [0.1, 0.15) is 13.3 Å². The van der Waals surface area contributed by atoms with Crippen molar-refractivity contribution in [2.75, 3.05) is 19.6 Å². The Morgan fingerprint density at radius 1 is 1.50 bits per heavy atom. The van der Waals surface area contributed by atoms with Crippen molar-refractivity contribution in [3.8, 4) is 0 Å². The maximum Gasteiger partial charge on any atom is 0.397 e. The fourth-order valence-electron chi connectivity index (χ4n) is 1.66. The summed E-state index contributed by atoms with van der Waals surface area (Å²) in [6.07, 6.45) is -6.53. The molecule has 0 aromatic heterocycles. The van der Waals surface area contributed by atoms with Crippen molar-refractivity contribution in [1.29, 1.82) is 0 Å². The van der Waals surface area contributed by atoms with Crippen molar-refractivity contribution < 1.29 is 22.7 Å². The normalized spacial score (nSPS) is 26.9. The van der Waals surface area contributed by atoms with Crippen molar-refractivity contribution in [2.24, 2.45) is 5.73 Å². The number of morpholine rings is 1. The van der Waals surface area contributed by atoms with Crippen LogP contribution in [-0.2, 0) is 9.53 Å². The first-order valence-electron chi connectivity index (χ1n) is 5.02. The third-order valence-corrected chi connectivity index (χ3v) is 2.29. The average Bonchev–Trinajstić information content (AvgIpc) is 2.14. The minimum absolute atomic E-state index is 0.135. The van der Waals surface area contributed by atoms with E-state index in [4.69, 9.17) is 10.5 Å². The van der Waals surface area contributed by atoms with Crippen LogP contribution < -0.4 is 5.73 Å². The van der Waals surface area contributed by atoms with Crippen LogP contribution in [0.4, 0.5) is 13.2 Å². The highest BCUT2D eigenvalue weighted by Gasteiger charge is 2.36. The van der Waals surface area contributed by atoms with Crippen LogP contribution in [0.5, 0.6) is 0 Å². The third kappa shape index (κ3) is 3.97. The van der Waals surface area contributed by atoms with Crippen molar-refractivity contribution in [3.05, 3.63) is 0 Å². The Kier molecular flexibility index (Phi) is 4.15. The Morgan fingerprint density at radius 2 is 2.12 bits per heavy atom. The van der Waals surface area contributed by atoms with Gasteiger partial charge in [-0.1, -0.05) is 0 Å². The predicted molar refractivity (Wildman–Crippen MR) is 50.6 cm³/mol. The van der Waals surface area contributed by atoms with E-state index in [1.54, 1.807) is 6.92 Å². The quantitative estimate of drug-likeness (QED) is 0.765. The van der Waals surface area contributed by atoms with Crippen molar-refractivity contribution in [3.63, 3.8) is 0 Å². The lowest BCUT2D eigenvalue weighted by atomic mass is 10.2. The van der Waals surface area contributed by atoms with Gasteiger partial charge in [-0.05, 0) is 6.92 Å². The Bertz CT molecular complexity index is 258. The Labute approximate surface area is 91.5 Å². The second-order valence-electron chi connectivity index (χ2n) is 3.90. The summed E-state index contributed by atoms with van der Waals surface area (Å²) in [4.78, 5) is 12.5. The number of ether oxygens (including phenoxy) is 1. The maximum absolute atomic E-state index is 12.0. The van der Waals surface area contributed by atoms with E-state index in [1.807, 2.05) is 0 Å². The van der Waals surface area contributed by atoms with Gasteiger partial charge in [0.25, 0.3) is 0 Å². The molecule has 0 saturated carbocycles. The molecule has 1 saturated heterocycles. The standard InChI is InChI=1S/C9H15F3N2O2/c1-6-4-14(5-7(3-13)16-6)8(15)2-9(10,11)12/h6-7H,2-5,13H2,1H3. The summed E-state index contributed by atoms with van der Waals surface area (Å²) < 4.78 is 41.4. The average molecular weight is 240 g/mol. The summed E-state index contributed by atoms with van der Waals surface area (Å²) in [7, 11) is 0. The molecule has 0 bridgehead atoms. The lowest BCUT2D eigenvalue weighted by Gasteiger charge is -2.36. The highest BCUT2D eigenvalue weighted by molar-refractivity contribution is 5.77. The van der Waals surface area contributed by atoms with Gasteiger partial charge in [0.05, 0.1) is 12.2 Å². The summed E-state index contributed by atoms with van der Waals surface area (Å²) in [6, 6.07) is 0. The Balaban J connectivity index is 2.55.